The Kier molecular flexibility index (Phi) is 4.03. The lowest BCUT2D eigenvalue weighted by Crippen LogP contribution is -2.45. The van der Waals surface area contributed by atoms with Crippen LogP contribution >= 0.6 is 0 Å². The maximum absolute atomic E-state index is 10.6. The third kappa shape index (κ3) is 3.45. The normalized spacial score (nSPS) is 10.6. The Labute approximate surface area is 62.4 Å². The molecular weight excluding hydrogens is 128 g/mol. The molecule has 0 heterocycles. The summed E-state index contributed by atoms with van der Waals surface area (Å²) in [6.07, 6.45) is 0. The Bertz CT molecular complexity index is 112. The first-order chi connectivity index (χ1) is 4.57. The molecule has 3 heteroatoms. The Balaban J connectivity index is 3.71. The summed E-state index contributed by atoms with van der Waals surface area (Å²) in [5.74, 6) is -0.00412. The van der Waals surface area contributed by atoms with Crippen LogP contribution in [0.3, 0.4) is 0 Å². The maximum atomic E-state index is 10.6. The number of amides is 1. The smallest absolute Gasteiger partial charge is 0.231 e. The van der Waals surface area contributed by atoms with Crippen molar-refractivity contribution < 1.29 is 4.79 Å². The van der Waals surface area contributed by atoms with Gasteiger partial charge in [0.05, 0.1) is 0 Å². The van der Waals surface area contributed by atoms with Gasteiger partial charge in [-0.05, 0) is 13.8 Å². The van der Waals surface area contributed by atoms with Gasteiger partial charge in [-0.2, -0.15) is 0 Å². The molecule has 0 aliphatic rings. The van der Waals surface area contributed by atoms with E-state index in [1.807, 2.05) is 25.8 Å². The Morgan fingerprint density at radius 2 is 2.10 bits per heavy atom. The highest BCUT2D eigenvalue weighted by molar-refractivity contribution is 5.72. The van der Waals surface area contributed by atoms with Crippen LogP contribution in [0.1, 0.15) is 27.7 Å². The minimum atomic E-state index is -0.00412. The molecule has 0 bridgehead atoms. The van der Waals surface area contributed by atoms with Crippen LogP contribution in [0, 0.1) is 0 Å². The fourth-order valence-corrected chi connectivity index (χ4v) is 0.776. The van der Waals surface area contributed by atoms with Gasteiger partial charge in [-0.25, -0.2) is 5.01 Å². The van der Waals surface area contributed by atoms with Crippen LogP contribution in [-0.2, 0) is 4.79 Å². The largest absolute Gasteiger partial charge is 0.289 e. The molecule has 0 aromatic carbocycles. The van der Waals surface area contributed by atoms with Crippen LogP contribution in [0.5, 0.6) is 0 Å². The number of nitrogens with one attached hydrogen (secondary N) is 1. The highest BCUT2D eigenvalue weighted by atomic mass is 16.2. The van der Waals surface area contributed by atoms with E-state index in [2.05, 4.69) is 5.43 Å². The first-order valence-corrected chi connectivity index (χ1v) is 3.61. The second-order valence-electron chi connectivity index (χ2n) is 2.55. The number of carbonyl (C=O) groups excluding carboxylic acids is 1. The molecule has 1 amide bonds. The quantitative estimate of drug-likeness (QED) is 0.593. The van der Waals surface area contributed by atoms with Crippen molar-refractivity contribution in [1.82, 2.24) is 10.4 Å². The third-order valence-corrected chi connectivity index (χ3v) is 1.27. The number of nitrogens with zero attached hydrogens (tertiary/aromatic N) is 1. The van der Waals surface area contributed by atoms with Gasteiger partial charge >= 0.3 is 0 Å². The molecule has 60 valence electrons. The lowest BCUT2D eigenvalue weighted by atomic mass is 10.4. The number of hydrogen-bond donors (Lipinski definition) is 1. The molecular formula is C7H16N2O. The van der Waals surface area contributed by atoms with Crippen molar-refractivity contribution in [2.75, 3.05) is 6.54 Å². The van der Waals surface area contributed by atoms with Gasteiger partial charge in [0.1, 0.15) is 0 Å². The molecule has 0 atom stereocenters. The van der Waals surface area contributed by atoms with Crippen molar-refractivity contribution >= 4 is 5.91 Å². The monoisotopic (exact) mass is 144 g/mol. The van der Waals surface area contributed by atoms with Crippen LogP contribution in [0.2, 0.25) is 0 Å². The predicted molar refractivity (Wildman–Crippen MR) is 41.3 cm³/mol. The zero-order chi connectivity index (χ0) is 8.15. The predicted octanol–water partition coefficient (Wildman–Crippen LogP) is 0.768. The zero-order valence-electron chi connectivity index (χ0n) is 7.14. The molecule has 0 saturated heterocycles. The highest BCUT2D eigenvalue weighted by Gasteiger charge is 2.05. The summed E-state index contributed by atoms with van der Waals surface area (Å²) in [7, 11) is 0. The molecule has 0 fully saturated rings. The molecule has 0 aliphatic heterocycles. The Morgan fingerprint density at radius 3 is 2.20 bits per heavy atom. The fourth-order valence-electron chi connectivity index (χ4n) is 0.776. The molecule has 0 aromatic rings. The van der Waals surface area contributed by atoms with Gasteiger partial charge in [-0.3, -0.25) is 10.2 Å². The number of hydrazine groups is 1. The minimum absolute atomic E-state index is 0.00412. The Hall–Kier alpha value is -0.570. The molecule has 1 N–H and O–H groups in total. The van der Waals surface area contributed by atoms with E-state index in [1.54, 1.807) is 0 Å². The van der Waals surface area contributed by atoms with Gasteiger partial charge < -0.3 is 0 Å². The summed E-state index contributed by atoms with van der Waals surface area (Å²) < 4.78 is 0. The maximum Gasteiger partial charge on any atom is 0.231 e. The number of rotatable bonds is 3. The van der Waals surface area contributed by atoms with Gasteiger partial charge in [-0.1, -0.05) is 6.92 Å². The highest BCUT2D eigenvalue weighted by Crippen LogP contribution is 1.91. The second-order valence-corrected chi connectivity index (χ2v) is 2.55. The van der Waals surface area contributed by atoms with E-state index in [0.29, 0.717) is 6.04 Å². The Morgan fingerprint density at radius 1 is 1.60 bits per heavy atom. The van der Waals surface area contributed by atoms with E-state index < -0.39 is 0 Å². The fraction of sp³-hybridized carbons (Fsp3) is 0.857. The topological polar surface area (TPSA) is 32.3 Å². The average Bonchev–Trinajstić information content (AvgIpc) is 1.81. The van der Waals surface area contributed by atoms with Crippen LogP contribution in [0.15, 0.2) is 0 Å². The summed E-state index contributed by atoms with van der Waals surface area (Å²) in [6, 6.07) is 0.369. The van der Waals surface area contributed by atoms with Crippen molar-refractivity contribution in [3.8, 4) is 0 Å². The molecule has 0 spiro atoms. The van der Waals surface area contributed by atoms with E-state index in [-0.39, 0.29) is 5.91 Å². The van der Waals surface area contributed by atoms with Crippen LogP contribution in [0.25, 0.3) is 0 Å². The molecule has 0 radical (unpaired) electrons. The van der Waals surface area contributed by atoms with E-state index >= 15 is 0 Å². The summed E-state index contributed by atoms with van der Waals surface area (Å²) in [4.78, 5) is 10.6. The van der Waals surface area contributed by atoms with E-state index in [9.17, 15) is 4.79 Å². The minimum Gasteiger partial charge on any atom is -0.289 e. The lowest BCUT2D eigenvalue weighted by Gasteiger charge is -2.24. The summed E-state index contributed by atoms with van der Waals surface area (Å²) in [6.45, 7) is 8.46. The van der Waals surface area contributed by atoms with Gasteiger partial charge in [0.2, 0.25) is 5.91 Å². The standard InChI is InChI=1S/C7H16N2O/c1-5-9(6(2)3)8-7(4)10/h6H,5H2,1-4H3,(H,8,10). The van der Waals surface area contributed by atoms with Crippen molar-refractivity contribution in [3.05, 3.63) is 0 Å². The van der Waals surface area contributed by atoms with Crippen LogP contribution < -0.4 is 5.43 Å². The third-order valence-electron chi connectivity index (χ3n) is 1.27. The SMILES string of the molecule is CCN(NC(C)=O)C(C)C. The molecule has 0 saturated carbocycles. The van der Waals surface area contributed by atoms with Crippen LogP contribution in [-0.4, -0.2) is 23.5 Å². The van der Waals surface area contributed by atoms with Gasteiger partial charge in [0, 0.05) is 19.5 Å². The van der Waals surface area contributed by atoms with E-state index in [1.165, 1.54) is 6.92 Å². The van der Waals surface area contributed by atoms with Gasteiger partial charge in [-0.15, -0.1) is 0 Å². The number of carbonyl (C=O) groups is 1. The van der Waals surface area contributed by atoms with Gasteiger partial charge in [0.25, 0.3) is 0 Å². The first-order valence-electron chi connectivity index (χ1n) is 3.61. The molecule has 3 nitrogen and oxygen atoms in total. The summed E-state index contributed by atoms with van der Waals surface area (Å²) in [5, 5.41) is 1.89. The van der Waals surface area contributed by atoms with Gasteiger partial charge in [0.15, 0.2) is 0 Å². The first kappa shape index (κ1) is 9.43. The molecule has 0 aliphatic carbocycles. The second kappa shape index (κ2) is 4.28. The van der Waals surface area contributed by atoms with E-state index in [4.69, 9.17) is 0 Å². The summed E-state index contributed by atoms with van der Waals surface area (Å²) in [5.41, 5.74) is 2.72. The van der Waals surface area contributed by atoms with Crippen molar-refractivity contribution in [1.29, 1.82) is 0 Å². The van der Waals surface area contributed by atoms with Crippen LogP contribution in [0.4, 0.5) is 0 Å². The molecule has 0 aromatic heterocycles. The van der Waals surface area contributed by atoms with Crippen molar-refractivity contribution in [2.24, 2.45) is 0 Å². The average molecular weight is 144 g/mol. The lowest BCUT2D eigenvalue weighted by molar-refractivity contribution is -0.124. The summed E-state index contributed by atoms with van der Waals surface area (Å²) >= 11 is 0. The number of hydrogen-bond acceptors (Lipinski definition) is 2. The molecule has 0 rings (SSSR count). The molecule has 10 heavy (non-hydrogen) atoms. The van der Waals surface area contributed by atoms with Crippen molar-refractivity contribution in [3.63, 3.8) is 0 Å². The van der Waals surface area contributed by atoms with E-state index in [0.717, 1.165) is 6.54 Å². The molecule has 0 unspecified atom stereocenters. The van der Waals surface area contributed by atoms with Crippen molar-refractivity contribution in [2.45, 2.75) is 33.7 Å². The zero-order valence-corrected chi connectivity index (χ0v) is 7.14.